The second-order valence-corrected chi connectivity index (χ2v) is 4.49. The number of aromatic amines is 1. The first-order chi connectivity index (χ1) is 8.79. The van der Waals surface area contributed by atoms with Gasteiger partial charge in [-0.2, -0.15) is 4.98 Å². The van der Waals surface area contributed by atoms with Gasteiger partial charge in [-0.1, -0.05) is 12.1 Å². The Labute approximate surface area is 107 Å². The lowest BCUT2D eigenvalue weighted by Crippen LogP contribution is -2.27. The van der Waals surface area contributed by atoms with Crippen molar-refractivity contribution >= 4 is 0 Å². The molecule has 0 aromatic carbocycles. The Kier molecular flexibility index (Phi) is 4.52. The van der Waals surface area contributed by atoms with Crippen LogP contribution in [-0.4, -0.2) is 27.7 Å². The molecule has 0 saturated heterocycles. The molecular weight excluding hydrogens is 228 g/mol. The molecule has 0 aliphatic carbocycles. The first-order valence-corrected chi connectivity index (χ1v) is 6.49. The summed E-state index contributed by atoms with van der Waals surface area (Å²) in [7, 11) is 0. The molecule has 18 heavy (non-hydrogen) atoms. The highest BCUT2D eigenvalue weighted by molar-refractivity contribution is 5.47. The molecule has 0 fully saturated rings. The maximum absolute atomic E-state index is 5.23. The van der Waals surface area contributed by atoms with E-state index < -0.39 is 0 Å². The van der Waals surface area contributed by atoms with E-state index in [1.54, 1.807) is 0 Å². The second kappa shape index (κ2) is 6.35. The molecule has 5 heteroatoms. The van der Waals surface area contributed by atoms with Crippen molar-refractivity contribution in [3.8, 4) is 11.5 Å². The zero-order valence-electron chi connectivity index (χ0n) is 10.9. The van der Waals surface area contributed by atoms with E-state index in [1.165, 1.54) is 0 Å². The van der Waals surface area contributed by atoms with E-state index in [0.717, 1.165) is 31.5 Å². The number of hydrogen-bond donors (Lipinski definition) is 2. The van der Waals surface area contributed by atoms with Crippen LogP contribution < -0.4 is 5.32 Å². The monoisotopic (exact) mass is 248 g/mol. The number of rotatable bonds is 7. The number of nitrogens with one attached hydrogen (secondary N) is 2. The van der Waals surface area contributed by atoms with Gasteiger partial charge in [-0.3, -0.25) is 0 Å². The summed E-state index contributed by atoms with van der Waals surface area (Å²) in [5, 5.41) is 7.40. The van der Waals surface area contributed by atoms with Crippen molar-refractivity contribution < 1.29 is 4.52 Å². The van der Waals surface area contributed by atoms with Crippen LogP contribution in [0.15, 0.2) is 22.9 Å². The molecular formula is C13H20N4O. The smallest absolute Gasteiger partial charge is 0.227 e. The molecule has 0 radical (unpaired) electrons. The van der Waals surface area contributed by atoms with Crippen molar-refractivity contribution in [2.24, 2.45) is 0 Å². The highest BCUT2D eigenvalue weighted by Gasteiger charge is 2.10. The molecule has 2 aromatic heterocycles. The average Bonchev–Trinajstić information content (AvgIpc) is 3.03. The van der Waals surface area contributed by atoms with E-state index in [-0.39, 0.29) is 0 Å². The summed E-state index contributed by atoms with van der Waals surface area (Å²) in [5.41, 5.74) is 0.891. The summed E-state index contributed by atoms with van der Waals surface area (Å²) in [5.74, 6) is 1.33. The minimum atomic E-state index is 0.478. The zero-order valence-corrected chi connectivity index (χ0v) is 10.9. The molecule has 0 aliphatic rings. The van der Waals surface area contributed by atoms with Gasteiger partial charge >= 0.3 is 0 Å². The predicted octanol–water partition coefficient (Wildman–Crippen LogP) is 2.39. The normalized spacial score (nSPS) is 12.8. The van der Waals surface area contributed by atoms with Gasteiger partial charge in [0.25, 0.3) is 0 Å². The highest BCUT2D eigenvalue weighted by atomic mass is 16.5. The Morgan fingerprint density at radius 3 is 3.11 bits per heavy atom. The molecule has 0 bridgehead atoms. The van der Waals surface area contributed by atoms with E-state index in [4.69, 9.17) is 4.52 Å². The molecule has 2 rings (SSSR count). The van der Waals surface area contributed by atoms with Crippen LogP contribution >= 0.6 is 0 Å². The van der Waals surface area contributed by atoms with Crippen LogP contribution in [0.25, 0.3) is 11.5 Å². The Bertz CT molecular complexity index is 449. The van der Waals surface area contributed by atoms with Gasteiger partial charge < -0.3 is 14.8 Å². The maximum Gasteiger partial charge on any atom is 0.227 e. The van der Waals surface area contributed by atoms with Gasteiger partial charge in [-0.25, -0.2) is 0 Å². The van der Waals surface area contributed by atoms with Crippen molar-refractivity contribution in [2.75, 3.05) is 6.54 Å². The standard InChI is InChI=1S/C13H20N4O/c1-3-8-14-10(2)6-7-12-16-13(17-18-12)11-5-4-9-15-11/h4-5,9-10,14-15H,3,6-8H2,1-2H3. The molecule has 98 valence electrons. The van der Waals surface area contributed by atoms with Gasteiger partial charge in [-0.15, -0.1) is 0 Å². The average molecular weight is 248 g/mol. The third-order valence-electron chi connectivity index (χ3n) is 2.84. The molecule has 2 aromatic rings. The number of H-pyrrole nitrogens is 1. The number of hydrogen-bond acceptors (Lipinski definition) is 4. The molecule has 0 spiro atoms. The Morgan fingerprint density at radius 2 is 2.39 bits per heavy atom. The van der Waals surface area contributed by atoms with Gasteiger partial charge in [0.05, 0.1) is 5.69 Å². The summed E-state index contributed by atoms with van der Waals surface area (Å²) in [6.45, 7) is 5.40. The zero-order chi connectivity index (χ0) is 12.8. The van der Waals surface area contributed by atoms with Crippen molar-refractivity contribution in [3.63, 3.8) is 0 Å². The van der Waals surface area contributed by atoms with E-state index in [2.05, 4.69) is 34.3 Å². The van der Waals surface area contributed by atoms with Crippen molar-refractivity contribution in [2.45, 2.75) is 39.2 Å². The fraction of sp³-hybridized carbons (Fsp3) is 0.538. The van der Waals surface area contributed by atoms with E-state index in [1.807, 2.05) is 18.3 Å². The van der Waals surface area contributed by atoms with Crippen molar-refractivity contribution in [1.29, 1.82) is 0 Å². The van der Waals surface area contributed by atoms with Gasteiger partial charge in [0.15, 0.2) is 0 Å². The molecule has 0 aliphatic heterocycles. The van der Waals surface area contributed by atoms with Crippen LogP contribution in [0.4, 0.5) is 0 Å². The Morgan fingerprint density at radius 1 is 1.50 bits per heavy atom. The van der Waals surface area contributed by atoms with Crippen molar-refractivity contribution in [1.82, 2.24) is 20.4 Å². The number of aromatic nitrogens is 3. The first kappa shape index (κ1) is 12.8. The van der Waals surface area contributed by atoms with Crippen LogP contribution in [0.5, 0.6) is 0 Å². The summed E-state index contributed by atoms with van der Waals surface area (Å²) in [6, 6.07) is 4.33. The highest BCUT2D eigenvalue weighted by Crippen LogP contribution is 2.13. The molecule has 0 amide bonds. The third kappa shape index (κ3) is 3.43. The van der Waals surface area contributed by atoms with E-state index >= 15 is 0 Å². The largest absolute Gasteiger partial charge is 0.359 e. The third-order valence-corrected chi connectivity index (χ3v) is 2.84. The minimum Gasteiger partial charge on any atom is -0.359 e. The minimum absolute atomic E-state index is 0.478. The molecule has 5 nitrogen and oxygen atoms in total. The fourth-order valence-corrected chi connectivity index (χ4v) is 1.77. The van der Waals surface area contributed by atoms with Crippen molar-refractivity contribution in [3.05, 3.63) is 24.2 Å². The lowest BCUT2D eigenvalue weighted by Gasteiger charge is -2.10. The van der Waals surface area contributed by atoms with Gasteiger partial charge in [0, 0.05) is 18.7 Å². The second-order valence-electron chi connectivity index (χ2n) is 4.49. The lowest BCUT2D eigenvalue weighted by atomic mass is 10.2. The lowest BCUT2D eigenvalue weighted by molar-refractivity contribution is 0.367. The number of nitrogens with zero attached hydrogens (tertiary/aromatic N) is 2. The predicted molar refractivity (Wildman–Crippen MR) is 70.2 cm³/mol. The SMILES string of the molecule is CCCNC(C)CCc1nc(-c2ccc[nH]2)no1. The summed E-state index contributed by atoms with van der Waals surface area (Å²) in [6.07, 6.45) is 4.82. The summed E-state index contributed by atoms with van der Waals surface area (Å²) >= 11 is 0. The van der Waals surface area contributed by atoms with Crippen LogP contribution in [0.2, 0.25) is 0 Å². The van der Waals surface area contributed by atoms with Crippen LogP contribution in [0.3, 0.4) is 0 Å². The van der Waals surface area contributed by atoms with Gasteiger partial charge in [0.1, 0.15) is 0 Å². The molecule has 2 N–H and O–H groups in total. The molecule has 1 unspecified atom stereocenters. The summed E-state index contributed by atoms with van der Waals surface area (Å²) in [4.78, 5) is 7.43. The molecule has 0 saturated carbocycles. The Hall–Kier alpha value is -1.62. The van der Waals surface area contributed by atoms with Gasteiger partial charge in [0.2, 0.25) is 11.7 Å². The summed E-state index contributed by atoms with van der Waals surface area (Å²) < 4.78 is 5.23. The van der Waals surface area contributed by atoms with Gasteiger partial charge in [-0.05, 0) is 38.4 Å². The van der Waals surface area contributed by atoms with Crippen LogP contribution in [-0.2, 0) is 6.42 Å². The molecule has 2 heterocycles. The Balaban J connectivity index is 1.84. The quantitative estimate of drug-likeness (QED) is 0.789. The fourth-order valence-electron chi connectivity index (χ4n) is 1.77. The van der Waals surface area contributed by atoms with Crippen LogP contribution in [0, 0.1) is 0 Å². The van der Waals surface area contributed by atoms with E-state index in [0.29, 0.717) is 17.8 Å². The topological polar surface area (TPSA) is 66.7 Å². The maximum atomic E-state index is 5.23. The first-order valence-electron chi connectivity index (χ1n) is 6.49. The molecule has 1 atom stereocenters. The number of aryl methyl sites for hydroxylation is 1. The van der Waals surface area contributed by atoms with E-state index in [9.17, 15) is 0 Å². The van der Waals surface area contributed by atoms with Crippen LogP contribution in [0.1, 0.15) is 32.6 Å².